The number of benzene rings is 1. The van der Waals surface area contributed by atoms with Gasteiger partial charge in [-0.25, -0.2) is 4.98 Å². The van der Waals surface area contributed by atoms with Crippen LogP contribution >= 0.6 is 23.1 Å². The van der Waals surface area contributed by atoms with Crippen LogP contribution in [-0.2, 0) is 14.4 Å². The van der Waals surface area contributed by atoms with Crippen molar-refractivity contribution in [3.05, 3.63) is 52.5 Å². The van der Waals surface area contributed by atoms with E-state index >= 15 is 0 Å². The van der Waals surface area contributed by atoms with Crippen molar-refractivity contribution in [1.82, 2.24) is 14.9 Å². The lowest BCUT2D eigenvalue weighted by Crippen LogP contribution is -2.74. The molecule has 0 saturated carbocycles. The summed E-state index contributed by atoms with van der Waals surface area (Å²) in [7, 11) is 0. The molecule has 0 radical (unpaired) electrons. The normalized spacial score (nSPS) is 25.1. The Hall–Kier alpha value is -2.85. The fourth-order valence-corrected chi connectivity index (χ4v) is 5.81. The number of carboxylic acids is 1. The highest BCUT2D eigenvalue weighted by atomic mass is 32.2. The zero-order valence-electron chi connectivity index (χ0n) is 16.9. The molecule has 4 rings (SSSR count). The first-order valence-electron chi connectivity index (χ1n) is 9.60. The highest BCUT2D eigenvalue weighted by Crippen LogP contribution is 2.45. The molecule has 2 aliphatic rings. The number of hydroxylamine groups is 2. The minimum absolute atomic E-state index is 0.0424. The van der Waals surface area contributed by atoms with Crippen LogP contribution in [0.25, 0.3) is 6.08 Å². The van der Waals surface area contributed by atoms with Gasteiger partial charge in [0.2, 0.25) is 0 Å². The van der Waals surface area contributed by atoms with Gasteiger partial charge in [0.15, 0.2) is 11.8 Å². The molecular weight excluding hydrogens is 438 g/mol. The highest BCUT2D eigenvalue weighted by Gasteiger charge is 2.59. The number of amides is 2. The second-order valence-electron chi connectivity index (χ2n) is 7.46. The highest BCUT2D eigenvalue weighted by molar-refractivity contribution is 8.00. The molecule has 0 bridgehead atoms. The van der Waals surface area contributed by atoms with Gasteiger partial charge in [0.25, 0.3) is 11.8 Å². The van der Waals surface area contributed by atoms with E-state index < -0.39 is 23.3 Å². The van der Waals surface area contributed by atoms with Gasteiger partial charge in [-0.2, -0.15) is 5.06 Å². The third kappa shape index (κ3) is 3.92. The van der Waals surface area contributed by atoms with Crippen molar-refractivity contribution < 1.29 is 24.3 Å². The molecule has 2 unspecified atom stereocenters. The molecule has 10 heteroatoms. The van der Waals surface area contributed by atoms with E-state index in [-0.39, 0.29) is 23.6 Å². The van der Waals surface area contributed by atoms with E-state index in [1.807, 2.05) is 13.0 Å². The molecular formula is C21H21N3O5S2. The number of carboxylic acid groups (broad SMARTS) is 1. The molecule has 3 heterocycles. The fourth-order valence-electron chi connectivity index (χ4n) is 3.57. The van der Waals surface area contributed by atoms with E-state index in [0.717, 1.165) is 15.6 Å². The van der Waals surface area contributed by atoms with Crippen LogP contribution in [0.1, 0.15) is 17.5 Å². The molecule has 2 aromatic rings. The van der Waals surface area contributed by atoms with Crippen LogP contribution < -0.4 is 4.84 Å². The maximum absolute atomic E-state index is 12.9. The average Bonchev–Trinajstić information content (AvgIpc) is 3.17. The Labute approximate surface area is 187 Å². The van der Waals surface area contributed by atoms with Crippen LogP contribution in [0.15, 0.2) is 41.9 Å². The van der Waals surface area contributed by atoms with Crippen LogP contribution in [0.3, 0.4) is 0 Å². The SMILES string of the molecule is CC(=O)N(Oc1ccccc1)C1C(=O)N2CC(C=Cc3scnc3C)(C(=O)O)CS[C@H]12. The molecule has 3 atom stereocenters. The van der Waals surface area contributed by atoms with Crippen molar-refractivity contribution in [2.75, 3.05) is 12.3 Å². The largest absolute Gasteiger partial charge is 0.481 e. The lowest BCUT2D eigenvalue weighted by atomic mass is 9.86. The topological polar surface area (TPSA) is 100 Å². The molecule has 0 spiro atoms. The Kier molecular flexibility index (Phi) is 5.76. The van der Waals surface area contributed by atoms with Crippen molar-refractivity contribution in [2.45, 2.75) is 25.3 Å². The van der Waals surface area contributed by atoms with Gasteiger partial charge in [0.05, 0.1) is 11.2 Å². The zero-order chi connectivity index (χ0) is 22.2. The third-order valence-electron chi connectivity index (χ3n) is 5.35. The quantitative estimate of drug-likeness (QED) is 0.524. The molecule has 8 nitrogen and oxygen atoms in total. The summed E-state index contributed by atoms with van der Waals surface area (Å²) in [6, 6.07) is 7.98. The zero-order valence-corrected chi connectivity index (χ0v) is 18.6. The number of β-lactam (4-membered cyclic amide) rings is 1. The first-order chi connectivity index (χ1) is 14.8. The molecule has 1 aromatic heterocycles. The van der Waals surface area contributed by atoms with E-state index in [1.54, 1.807) is 41.9 Å². The summed E-state index contributed by atoms with van der Waals surface area (Å²) in [6.45, 7) is 3.25. The number of rotatable bonds is 6. The summed E-state index contributed by atoms with van der Waals surface area (Å²) < 4.78 is 0. The summed E-state index contributed by atoms with van der Waals surface area (Å²) in [5.41, 5.74) is 1.33. The van der Waals surface area contributed by atoms with Crippen molar-refractivity contribution >= 4 is 47.0 Å². The Morgan fingerprint density at radius 2 is 2.10 bits per heavy atom. The number of carbonyl (C=O) groups is 3. The summed E-state index contributed by atoms with van der Waals surface area (Å²) in [4.78, 5) is 49.6. The minimum atomic E-state index is -1.21. The van der Waals surface area contributed by atoms with Gasteiger partial charge in [-0.1, -0.05) is 24.3 Å². The predicted molar refractivity (Wildman–Crippen MR) is 117 cm³/mol. The molecule has 1 N–H and O–H groups in total. The first kappa shape index (κ1) is 21.4. The van der Waals surface area contributed by atoms with E-state index in [0.29, 0.717) is 5.75 Å². The lowest BCUT2D eigenvalue weighted by molar-refractivity contribution is -0.191. The number of aromatic nitrogens is 1. The van der Waals surface area contributed by atoms with Gasteiger partial charge >= 0.3 is 5.97 Å². The number of fused-ring (bicyclic) bond motifs is 1. The third-order valence-corrected chi connectivity index (χ3v) is 7.78. The number of para-hydroxylation sites is 1. The monoisotopic (exact) mass is 459 g/mol. The lowest BCUT2D eigenvalue weighted by Gasteiger charge is -2.54. The second-order valence-corrected chi connectivity index (χ2v) is 9.45. The first-order valence-corrected chi connectivity index (χ1v) is 11.5. The number of hydrogen-bond donors (Lipinski definition) is 1. The average molecular weight is 460 g/mol. The van der Waals surface area contributed by atoms with E-state index in [1.165, 1.54) is 34.9 Å². The molecule has 1 aromatic carbocycles. The van der Waals surface area contributed by atoms with Crippen molar-refractivity contribution in [3.8, 4) is 5.75 Å². The second kappa shape index (κ2) is 8.35. The molecule has 2 amide bonds. The van der Waals surface area contributed by atoms with E-state index in [9.17, 15) is 19.5 Å². The summed E-state index contributed by atoms with van der Waals surface area (Å²) in [5.74, 6) is -0.974. The van der Waals surface area contributed by atoms with Crippen LogP contribution in [0.5, 0.6) is 5.75 Å². The number of thiazole rings is 1. The number of aliphatic carboxylic acids is 1. The number of nitrogens with zero attached hydrogens (tertiary/aromatic N) is 3. The molecule has 2 fully saturated rings. The van der Waals surface area contributed by atoms with Gasteiger partial charge in [-0.15, -0.1) is 23.1 Å². The Morgan fingerprint density at radius 3 is 2.71 bits per heavy atom. The smallest absolute Gasteiger partial charge is 0.316 e. The van der Waals surface area contributed by atoms with Gasteiger partial charge in [-0.05, 0) is 25.1 Å². The summed E-state index contributed by atoms with van der Waals surface area (Å²) in [5, 5.41) is 10.7. The van der Waals surface area contributed by atoms with Crippen LogP contribution in [-0.4, -0.2) is 61.6 Å². The van der Waals surface area contributed by atoms with Crippen LogP contribution in [0.4, 0.5) is 0 Å². The maximum Gasteiger partial charge on any atom is 0.316 e. The van der Waals surface area contributed by atoms with Crippen LogP contribution in [0.2, 0.25) is 0 Å². The van der Waals surface area contributed by atoms with E-state index in [4.69, 9.17) is 4.84 Å². The molecule has 2 aliphatic heterocycles. The van der Waals surface area contributed by atoms with Gasteiger partial charge in [0, 0.05) is 24.1 Å². The fraction of sp³-hybridized carbons (Fsp3) is 0.333. The molecule has 162 valence electrons. The minimum Gasteiger partial charge on any atom is -0.481 e. The number of hydrogen-bond acceptors (Lipinski definition) is 7. The Morgan fingerprint density at radius 1 is 1.35 bits per heavy atom. The standard InChI is InChI=1S/C21H21N3O5S2/c1-13-16(31-12-22-13)8-9-21(20(27)28)10-23-18(26)17(19(23)30-11-21)24(14(2)25)29-15-6-4-3-5-7-15/h3-9,12,17,19H,10-11H2,1-2H3,(H,27,28)/t17?,19-,21?/m1/s1. The molecule has 0 aliphatic carbocycles. The Bertz CT molecular complexity index is 1040. The molecule has 31 heavy (non-hydrogen) atoms. The molecule has 2 saturated heterocycles. The maximum atomic E-state index is 12.9. The van der Waals surface area contributed by atoms with Crippen LogP contribution in [0, 0.1) is 12.3 Å². The predicted octanol–water partition coefficient (Wildman–Crippen LogP) is 2.66. The number of aryl methyl sites for hydroxylation is 1. The number of carbonyl (C=O) groups excluding carboxylic acids is 2. The summed E-state index contributed by atoms with van der Waals surface area (Å²) in [6.07, 6.45) is 3.42. The summed E-state index contributed by atoms with van der Waals surface area (Å²) >= 11 is 2.78. The van der Waals surface area contributed by atoms with E-state index in [2.05, 4.69) is 4.98 Å². The van der Waals surface area contributed by atoms with Gasteiger partial charge in [0.1, 0.15) is 10.8 Å². The van der Waals surface area contributed by atoms with Crippen molar-refractivity contribution in [3.63, 3.8) is 0 Å². The van der Waals surface area contributed by atoms with Gasteiger partial charge in [-0.3, -0.25) is 14.4 Å². The van der Waals surface area contributed by atoms with Crippen molar-refractivity contribution in [2.24, 2.45) is 5.41 Å². The number of thioether (sulfide) groups is 1. The van der Waals surface area contributed by atoms with Gasteiger partial charge < -0.3 is 14.8 Å². The van der Waals surface area contributed by atoms with Crippen molar-refractivity contribution in [1.29, 1.82) is 0 Å². The Balaban J connectivity index is 1.53.